The number of carbonyl (C=O) groups is 1. The lowest BCUT2D eigenvalue weighted by molar-refractivity contribution is -0.138. The number of ether oxygens (including phenoxy) is 1. The molecule has 0 saturated carbocycles. The fraction of sp³-hybridized carbons (Fsp3) is 0.500. The second kappa shape index (κ2) is 6.74. The van der Waals surface area contributed by atoms with E-state index in [0.29, 0.717) is 0 Å². The van der Waals surface area contributed by atoms with E-state index in [9.17, 15) is 18.0 Å². The molecule has 0 radical (unpaired) electrons. The molecule has 1 aromatic carbocycles. The van der Waals surface area contributed by atoms with Gasteiger partial charge < -0.3 is 10.1 Å². The van der Waals surface area contributed by atoms with E-state index in [-0.39, 0.29) is 18.1 Å². The molecule has 1 rings (SSSR count). The van der Waals surface area contributed by atoms with Gasteiger partial charge in [-0.25, -0.2) is 0 Å². The standard InChI is InChI=1S/C14H18F3NO2/c1-9(10(2)18-13(19)8-20-3)11-6-4-5-7-12(11)14(15,16)17/h4-7,9-10H,8H2,1-3H3,(H,18,19)/t9-,10+/m1/s1. The van der Waals surface area contributed by atoms with E-state index in [1.54, 1.807) is 19.9 Å². The van der Waals surface area contributed by atoms with Crippen molar-refractivity contribution < 1.29 is 22.7 Å². The molecule has 0 fully saturated rings. The van der Waals surface area contributed by atoms with Crippen molar-refractivity contribution in [1.82, 2.24) is 5.32 Å². The Bertz CT molecular complexity index is 460. The molecule has 0 bridgehead atoms. The predicted octanol–water partition coefficient (Wildman–Crippen LogP) is 2.96. The fourth-order valence-corrected chi connectivity index (χ4v) is 1.97. The molecule has 0 heterocycles. The van der Waals surface area contributed by atoms with E-state index in [4.69, 9.17) is 0 Å². The second-order valence-corrected chi connectivity index (χ2v) is 4.66. The Hall–Kier alpha value is -1.56. The first-order valence-corrected chi connectivity index (χ1v) is 6.21. The molecular weight excluding hydrogens is 271 g/mol. The third kappa shape index (κ3) is 4.23. The molecule has 0 aliphatic rings. The lowest BCUT2D eigenvalue weighted by Crippen LogP contribution is -2.38. The van der Waals surface area contributed by atoms with Crippen LogP contribution in [0.3, 0.4) is 0 Å². The van der Waals surface area contributed by atoms with Gasteiger partial charge in [0.05, 0.1) is 5.56 Å². The molecule has 0 aliphatic carbocycles. The number of rotatable bonds is 5. The largest absolute Gasteiger partial charge is 0.416 e. The highest BCUT2D eigenvalue weighted by Gasteiger charge is 2.35. The number of halogens is 3. The molecule has 2 atom stereocenters. The molecule has 0 aliphatic heterocycles. The monoisotopic (exact) mass is 289 g/mol. The molecular formula is C14H18F3NO2. The van der Waals surface area contributed by atoms with Gasteiger partial charge in [-0.05, 0) is 18.6 Å². The molecule has 0 saturated heterocycles. The van der Waals surface area contributed by atoms with E-state index >= 15 is 0 Å². The summed E-state index contributed by atoms with van der Waals surface area (Å²) in [7, 11) is 1.38. The highest BCUT2D eigenvalue weighted by Crippen LogP contribution is 2.35. The van der Waals surface area contributed by atoms with Crippen LogP contribution in [-0.2, 0) is 15.7 Å². The number of benzene rings is 1. The van der Waals surface area contributed by atoms with Crippen LogP contribution in [0.4, 0.5) is 13.2 Å². The summed E-state index contributed by atoms with van der Waals surface area (Å²) in [5, 5.41) is 2.63. The van der Waals surface area contributed by atoms with Crippen LogP contribution in [0.15, 0.2) is 24.3 Å². The average Bonchev–Trinajstić information content (AvgIpc) is 2.37. The van der Waals surface area contributed by atoms with Gasteiger partial charge in [-0.3, -0.25) is 4.79 Å². The second-order valence-electron chi connectivity index (χ2n) is 4.66. The number of amides is 1. The van der Waals surface area contributed by atoms with Crippen LogP contribution in [0.25, 0.3) is 0 Å². The van der Waals surface area contributed by atoms with Crippen LogP contribution in [0.2, 0.25) is 0 Å². The Balaban J connectivity index is 2.92. The van der Waals surface area contributed by atoms with Crippen molar-refractivity contribution in [3.63, 3.8) is 0 Å². The van der Waals surface area contributed by atoms with Gasteiger partial charge in [0.1, 0.15) is 6.61 Å². The summed E-state index contributed by atoms with van der Waals surface area (Å²) >= 11 is 0. The van der Waals surface area contributed by atoms with Gasteiger partial charge in [0, 0.05) is 19.1 Å². The van der Waals surface area contributed by atoms with Crippen molar-refractivity contribution in [1.29, 1.82) is 0 Å². The summed E-state index contributed by atoms with van der Waals surface area (Å²) in [5.74, 6) is -0.815. The molecule has 0 aromatic heterocycles. The highest BCUT2D eigenvalue weighted by molar-refractivity contribution is 5.77. The van der Waals surface area contributed by atoms with Crippen molar-refractivity contribution >= 4 is 5.91 Å². The van der Waals surface area contributed by atoms with Crippen LogP contribution in [0.1, 0.15) is 30.9 Å². The zero-order valence-electron chi connectivity index (χ0n) is 11.6. The van der Waals surface area contributed by atoms with Crippen LogP contribution in [-0.4, -0.2) is 25.7 Å². The van der Waals surface area contributed by atoms with Crippen molar-refractivity contribution in [2.24, 2.45) is 0 Å². The number of alkyl halides is 3. The molecule has 0 spiro atoms. The average molecular weight is 289 g/mol. The third-order valence-electron chi connectivity index (χ3n) is 3.17. The van der Waals surface area contributed by atoms with E-state index in [0.717, 1.165) is 6.07 Å². The fourth-order valence-electron chi connectivity index (χ4n) is 1.97. The summed E-state index contributed by atoms with van der Waals surface area (Å²) in [6.07, 6.45) is -4.40. The minimum Gasteiger partial charge on any atom is -0.375 e. The maximum atomic E-state index is 12.9. The first-order chi connectivity index (χ1) is 9.27. The van der Waals surface area contributed by atoms with Gasteiger partial charge >= 0.3 is 6.18 Å². The van der Waals surface area contributed by atoms with Crippen LogP contribution in [0.5, 0.6) is 0 Å². The quantitative estimate of drug-likeness (QED) is 0.905. The number of nitrogens with one attached hydrogen (secondary N) is 1. The highest BCUT2D eigenvalue weighted by atomic mass is 19.4. The molecule has 20 heavy (non-hydrogen) atoms. The topological polar surface area (TPSA) is 38.3 Å². The van der Waals surface area contributed by atoms with E-state index in [2.05, 4.69) is 10.1 Å². The van der Waals surface area contributed by atoms with Crippen molar-refractivity contribution in [2.75, 3.05) is 13.7 Å². The summed E-state index contributed by atoms with van der Waals surface area (Å²) in [6.45, 7) is 3.21. The first-order valence-electron chi connectivity index (χ1n) is 6.21. The zero-order chi connectivity index (χ0) is 15.3. The van der Waals surface area contributed by atoms with Crippen molar-refractivity contribution in [3.05, 3.63) is 35.4 Å². The first kappa shape index (κ1) is 16.5. The van der Waals surface area contributed by atoms with E-state index in [1.165, 1.54) is 19.2 Å². The Morgan fingerprint density at radius 2 is 1.90 bits per heavy atom. The van der Waals surface area contributed by atoms with Crippen molar-refractivity contribution in [3.8, 4) is 0 Å². The molecule has 1 aromatic rings. The summed E-state index contributed by atoms with van der Waals surface area (Å²) < 4.78 is 43.5. The predicted molar refractivity (Wildman–Crippen MR) is 69.3 cm³/mol. The lowest BCUT2D eigenvalue weighted by Gasteiger charge is -2.24. The van der Waals surface area contributed by atoms with Crippen LogP contribution in [0, 0.1) is 0 Å². The number of methoxy groups -OCH3 is 1. The Morgan fingerprint density at radius 1 is 1.30 bits per heavy atom. The number of carbonyl (C=O) groups excluding carboxylic acids is 1. The van der Waals surface area contributed by atoms with Gasteiger partial charge in [-0.15, -0.1) is 0 Å². The molecule has 0 unspecified atom stereocenters. The van der Waals surface area contributed by atoms with Crippen LogP contribution >= 0.6 is 0 Å². The van der Waals surface area contributed by atoms with Gasteiger partial charge in [-0.1, -0.05) is 25.1 Å². The van der Waals surface area contributed by atoms with E-state index < -0.39 is 23.7 Å². The Morgan fingerprint density at radius 3 is 2.45 bits per heavy atom. The molecule has 112 valence electrons. The Kier molecular flexibility index (Phi) is 5.56. The summed E-state index contributed by atoms with van der Waals surface area (Å²) in [6, 6.07) is 4.97. The molecule has 3 nitrogen and oxygen atoms in total. The number of hydrogen-bond acceptors (Lipinski definition) is 2. The molecule has 6 heteroatoms. The maximum absolute atomic E-state index is 12.9. The Labute approximate surface area is 116 Å². The third-order valence-corrected chi connectivity index (χ3v) is 3.17. The van der Waals surface area contributed by atoms with Gasteiger partial charge in [-0.2, -0.15) is 13.2 Å². The summed E-state index contributed by atoms with van der Waals surface area (Å²) in [4.78, 5) is 11.4. The smallest absolute Gasteiger partial charge is 0.375 e. The zero-order valence-corrected chi connectivity index (χ0v) is 11.6. The normalized spacial score (nSPS) is 14.7. The molecule has 1 amide bonds. The summed E-state index contributed by atoms with van der Waals surface area (Å²) in [5.41, 5.74) is -0.495. The lowest BCUT2D eigenvalue weighted by atomic mass is 9.90. The van der Waals surface area contributed by atoms with Gasteiger partial charge in [0.15, 0.2) is 0 Å². The minimum atomic E-state index is -4.40. The van der Waals surface area contributed by atoms with Crippen molar-refractivity contribution in [2.45, 2.75) is 32.0 Å². The van der Waals surface area contributed by atoms with Gasteiger partial charge in [0.2, 0.25) is 5.91 Å². The SMILES string of the molecule is COCC(=O)N[C@@H](C)[C@@H](C)c1ccccc1C(F)(F)F. The molecule has 1 N–H and O–H groups in total. The van der Waals surface area contributed by atoms with E-state index in [1.807, 2.05) is 0 Å². The minimum absolute atomic E-state index is 0.113. The number of hydrogen-bond donors (Lipinski definition) is 1. The van der Waals surface area contributed by atoms with Crippen LogP contribution < -0.4 is 5.32 Å². The van der Waals surface area contributed by atoms with Gasteiger partial charge in [0.25, 0.3) is 0 Å². The maximum Gasteiger partial charge on any atom is 0.416 e.